The van der Waals surface area contributed by atoms with Gasteiger partial charge in [0, 0.05) is 17.8 Å². The van der Waals surface area contributed by atoms with E-state index in [-0.39, 0.29) is 0 Å². The molecule has 3 atom stereocenters. The van der Waals surface area contributed by atoms with Crippen molar-refractivity contribution in [1.29, 1.82) is 0 Å². The number of fused-ring (bicyclic) bond motifs is 1. The molecule has 2 aliphatic rings. The summed E-state index contributed by atoms with van der Waals surface area (Å²) >= 11 is 0. The summed E-state index contributed by atoms with van der Waals surface area (Å²) in [7, 11) is 0. The third-order valence-electron chi connectivity index (χ3n) is 4.18. The molecule has 0 aliphatic heterocycles. The minimum atomic E-state index is 0.681. The average molecular weight is 219 g/mol. The fourth-order valence-corrected chi connectivity index (χ4v) is 3.25. The summed E-state index contributed by atoms with van der Waals surface area (Å²) in [6.07, 6.45) is 9.73. The zero-order chi connectivity index (χ0) is 11.0. The van der Waals surface area contributed by atoms with Gasteiger partial charge in [0.1, 0.15) is 0 Å². The topological polar surface area (TPSA) is 40.7 Å². The van der Waals surface area contributed by atoms with E-state index in [4.69, 9.17) is 0 Å². The predicted octanol–water partition coefficient (Wildman–Crippen LogP) is 2.05. The van der Waals surface area contributed by atoms with E-state index in [9.17, 15) is 0 Å². The molecule has 0 spiro atoms. The highest BCUT2D eigenvalue weighted by molar-refractivity contribution is 5.21. The molecule has 3 nitrogen and oxygen atoms in total. The van der Waals surface area contributed by atoms with Crippen molar-refractivity contribution in [2.24, 2.45) is 5.92 Å². The average Bonchev–Trinajstić information content (AvgIpc) is 2.87. The lowest BCUT2D eigenvalue weighted by Crippen LogP contribution is -2.40. The van der Waals surface area contributed by atoms with Gasteiger partial charge in [-0.3, -0.25) is 5.10 Å². The van der Waals surface area contributed by atoms with Crippen molar-refractivity contribution in [1.82, 2.24) is 15.5 Å². The zero-order valence-electron chi connectivity index (χ0n) is 10.00. The summed E-state index contributed by atoms with van der Waals surface area (Å²) in [5.41, 5.74) is 2.78. The first-order chi connectivity index (χ1) is 7.81. The predicted molar refractivity (Wildman–Crippen MR) is 64.3 cm³/mol. The van der Waals surface area contributed by atoms with Crippen molar-refractivity contribution >= 4 is 0 Å². The second kappa shape index (κ2) is 4.21. The van der Waals surface area contributed by atoms with Gasteiger partial charge in [-0.1, -0.05) is 6.92 Å². The second-order valence-electron chi connectivity index (χ2n) is 5.60. The number of aromatic nitrogens is 2. The van der Waals surface area contributed by atoms with E-state index < -0.39 is 0 Å². The Balaban J connectivity index is 1.58. The number of aromatic amines is 1. The number of hydrogen-bond acceptors (Lipinski definition) is 2. The molecular weight excluding hydrogens is 198 g/mol. The van der Waals surface area contributed by atoms with Gasteiger partial charge in [-0.05, 0) is 50.0 Å². The Morgan fingerprint density at radius 2 is 2.25 bits per heavy atom. The van der Waals surface area contributed by atoms with E-state index in [2.05, 4.69) is 22.4 Å². The maximum atomic E-state index is 4.13. The van der Waals surface area contributed by atoms with Crippen LogP contribution in [0.1, 0.15) is 43.9 Å². The number of H-pyrrole nitrogens is 1. The molecule has 1 aromatic heterocycles. The van der Waals surface area contributed by atoms with E-state index in [1.807, 2.05) is 6.20 Å². The summed E-state index contributed by atoms with van der Waals surface area (Å²) < 4.78 is 0. The fourth-order valence-electron chi connectivity index (χ4n) is 3.25. The summed E-state index contributed by atoms with van der Waals surface area (Å²) in [5.74, 6) is 0.922. The molecule has 2 aliphatic carbocycles. The third-order valence-corrected chi connectivity index (χ3v) is 4.18. The van der Waals surface area contributed by atoms with Gasteiger partial charge in [-0.25, -0.2) is 0 Å². The minimum absolute atomic E-state index is 0.681. The van der Waals surface area contributed by atoms with Crippen molar-refractivity contribution in [3.05, 3.63) is 17.5 Å². The Hall–Kier alpha value is -0.830. The van der Waals surface area contributed by atoms with E-state index in [0.29, 0.717) is 6.04 Å². The zero-order valence-corrected chi connectivity index (χ0v) is 10.00. The van der Waals surface area contributed by atoms with Gasteiger partial charge < -0.3 is 5.32 Å². The van der Waals surface area contributed by atoms with Crippen LogP contribution < -0.4 is 5.32 Å². The maximum absolute atomic E-state index is 4.13. The van der Waals surface area contributed by atoms with Gasteiger partial charge in [0.05, 0.1) is 6.20 Å². The first-order valence-corrected chi connectivity index (χ1v) is 6.58. The summed E-state index contributed by atoms with van der Waals surface area (Å²) in [6.45, 7) is 2.37. The number of hydrogen-bond donors (Lipinski definition) is 2. The van der Waals surface area contributed by atoms with Crippen LogP contribution in [0.2, 0.25) is 0 Å². The molecule has 0 aromatic carbocycles. The van der Waals surface area contributed by atoms with E-state index in [0.717, 1.165) is 24.8 Å². The molecule has 0 bridgehead atoms. The molecule has 3 unspecified atom stereocenters. The first-order valence-electron chi connectivity index (χ1n) is 6.58. The van der Waals surface area contributed by atoms with Crippen molar-refractivity contribution in [2.75, 3.05) is 0 Å². The quantitative estimate of drug-likeness (QED) is 0.799. The molecule has 0 amide bonds. The van der Waals surface area contributed by atoms with Crippen LogP contribution in [0.25, 0.3) is 0 Å². The monoisotopic (exact) mass is 219 g/mol. The largest absolute Gasteiger partial charge is 0.311 e. The van der Waals surface area contributed by atoms with Crippen molar-refractivity contribution < 1.29 is 0 Å². The lowest BCUT2D eigenvalue weighted by atomic mass is 9.93. The van der Waals surface area contributed by atoms with Crippen LogP contribution in [0.15, 0.2) is 6.20 Å². The summed E-state index contributed by atoms with van der Waals surface area (Å²) in [4.78, 5) is 0. The highest BCUT2D eigenvalue weighted by Gasteiger charge is 2.26. The van der Waals surface area contributed by atoms with Crippen LogP contribution in [-0.4, -0.2) is 22.3 Å². The lowest BCUT2D eigenvalue weighted by molar-refractivity contribution is 0.388. The third kappa shape index (κ3) is 2.01. The molecule has 1 saturated carbocycles. The molecule has 3 heteroatoms. The molecule has 1 heterocycles. The van der Waals surface area contributed by atoms with E-state index >= 15 is 0 Å². The van der Waals surface area contributed by atoms with E-state index in [1.54, 1.807) is 0 Å². The van der Waals surface area contributed by atoms with Crippen LogP contribution >= 0.6 is 0 Å². The smallest absolute Gasteiger partial charge is 0.0522 e. The molecule has 3 rings (SSSR count). The van der Waals surface area contributed by atoms with Crippen molar-refractivity contribution in [2.45, 2.75) is 57.5 Å². The van der Waals surface area contributed by atoms with Gasteiger partial charge in [-0.2, -0.15) is 5.10 Å². The number of nitrogens with one attached hydrogen (secondary N) is 2. The van der Waals surface area contributed by atoms with Gasteiger partial charge in [0.2, 0.25) is 0 Å². The Kier molecular flexibility index (Phi) is 2.72. The number of aryl methyl sites for hydroxylation is 1. The highest BCUT2D eigenvalue weighted by atomic mass is 15.1. The first kappa shape index (κ1) is 10.3. The number of rotatable bonds is 2. The molecule has 2 N–H and O–H groups in total. The van der Waals surface area contributed by atoms with Crippen LogP contribution in [-0.2, 0) is 12.8 Å². The van der Waals surface area contributed by atoms with Crippen LogP contribution in [0, 0.1) is 5.92 Å². The molecular formula is C13H21N3. The van der Waals surface area contributed by atoms with Crippen molar-refractivity contribution in [3.8, 4) is 0 Å². The van der Waals surface area contributed by atoms with Crippen LogP contribution in [0.5, 0.6) is 0 Å². The van der Waals surface area contributed by atoms with Gasteiger partial charge in [-0.15, -0.1) is 0 Å². The van der Waals surface area contributed by atoms with Gasteiger partial charge >= 0.3 is 0 Å². The molecule has 1 aromatic rings. The Bertz CT molecular complexity index is 358. The molecule has 1 fully saturated rings. The second-order valence-corrected chi connectivity index (χ2v) is 5.60. The molecule has 16 heavy (non-hydrogen) atoms. The molecule has 0 radical (unpaired) electrons. The highest BCUT2D eigenvalue weighted by Crippen LogP contribution is 2.27. The Morgan fingerprint density at radius 3 is 3.06 bits per heavy atom. The van der Waals surface area contributed by atoms with Gasteiger partial charge in [0.25, 0.3) is 0 Å². The maximum Gasteiger partial charge on any atom is 0.0522 e. The standard InChI is InChI=1S/C13H21N3/c1-9-2-3-11(6-9)15-12-4-5-13-10(7-12)8-14-16-13/h8-9,11-12,15H,2-7H2,1H3,(H,14,16). The Morgan fingerprint density at radius 1 is 1.31 bits per heavy atom. The van der Waals surface area contributed by atoms with E-state index in [1.165, 1.54) is 36.9 Å². The molecule has 88 valence electrons. The molecule has 0 saturated heterocycles. The fraction of sp³-hybridized carbons (Fsp3) is 0.769. The van der Waals surface area contributed by atoms with Crippen molar-refractivity contribution in [3.63, 3.8) is 0 Å². The minimum Gasteiger partial charge on any atom is -0.311 e. The normalized spacial score (nSPS) is 33.9. The van der Waals surface area contributed by atoms with Crippen LogP contribution in [0.3, 0.4) is 0 Å². The lowest BCUT2D eigenvalue weighted by Gasteiger charge is -2.26. The van der Waals surface area contributed by atoms with Gasteiger partial charge in [0.15, 0.2) is 0 Å². The van der Waals surface area contributed by atoms with Crippen LogP contribution in [0.4, 0.5) is 0 Å². The summed E-state index contributed by atoms with van der Waals surface area (Å²) in [6, 6.07) is 1.45. The number of nitrogens with zero attached hydrogens (tertiary/aromatic N) is 1. The Labute approximate surface area is 97.0 Å². The SMILES string of the molecule is CC1CCC(NC2CCc3[nH]ncc3C2)C1. The summed E-state index contributed by atoms with van der Waals surface area (Å²) in [5, 5.41) is 11.1.